The Hall–Kier alpha value is -1.14. The van der Waals surface area contributed by atoms with E-state index in [9.17, 15) is 13.2 Å². The maximum absolute atomic E-state index is 12.4. The summed E-state index contributed by atoms with van der Waals surface area (Å²) in [5, 5.41) is 0. The summed E-state index contributed by atoms with van der Waals surface area (Å²) in [6.45, 7) is 11.2. The van der Waals surface area contributed by atoms with Crippen molar-refractivity contribution in [3.05, 3.63) is 25.3 Å². The second kappa shape index (κ2) is 7.59. The SMILES string of the molecule is C=CCN(CC=C)CC(=O)N(CC)C1CCS(=O)(=O)C1. The predicted octanol–water partition coefficient (Wildman–Crippen LogP) is 0.696. The molecule has 0 aromatic rings. The van der Waals surface area contributed by atoms with Gasteiger partial charge in [-0.05, 0) is 13.3 Å². The van der Waals surface area contributed by atoms with Gasteiger partial charge in [-0.15, -0.1) is 13.2 Å². The Labute approximate surface area is 121 Å². The van der Waals surface area contributed by atoms with Gasteiger partial charge in [-0.2, -0.15) is 0 Å². The largest absolute Gasteiger partial charge is 0.338 e. The number of hydrogen-bond donors (Lipinski definition) is 0. The summed E-state index contributed by atoms with van der Waals surface area (Å²) in [5.74, 6) is 0.248. The molecule has 1 heterocycles. The molecule has 0 saturated carbocycles. The molecule has 6 heteroatoms. The summed E-state index contributed by atoms with van der Waals surface area (Å²) in [6, 6.07) is -0.174. The van der Waals surface area contributed by atoms with E-state index in [2.05, 4.69) is 13.2 Å². The van der Waals surface area contributed by atoms with Gasteiger partial charge in [0.2, 0.25) is 5.91 Å². The number of sulfone groups is 1. The second-order valence-electron chi connectivity index (χ2n) is 5.01. The third-order valence-corrected chi connectivity index (χ3v) is 5.19. The quantitative estimate of drug-likeness (QED) is 0.619. The number of hydrogen-bond acceptors (Lipinski definition) is 4. The molecule has 0 spiro atoms. The zero-order valence-electron chi connectivity index (χ0n) is 12.1. The first-order valence-corrected chi connectivity index (χ1v) is 8.69. The molecule has 0 radical (unpaired) electrons. The Morgan fingerprint density at radius 1 is 1.30 bits per heavy atom. The fraction of sp³-hybridized carbons (Fsp3) is 0.643. The Morgan fingerprint density at radius 2 is 1.90 bits per heavy atom. The molecular weight excluding hydrogens is 276 g/mol. The number of carbonyl (C=O) groups excluding carboxylic acids is 1. The molecule has 0 aliphatic carbocycles. The van der Waals surface area contributed by atoms with Crippen molar-refractivity contribution in [3.63, 3.8) is 0 Å². The molecule has 1 rings (SSSR count). The lowest BCUT2D eigenvalue weighted by molar-refractivity contribution is -0.133. The summed E-state index contributed by atoms with van der Waals surface area (Å²) in [5.41, 5.74) is 0. The average Bonchev–Trinajstić information content (AvgIpc) is 2.71. The lowest BCUT2D eigenvalue weighted by Crippen LogP contribution is -2.46. The van der Waals surface area contributed by atoms with E-state index in [1.807, 2.05) is 11.8 Å². The fourth-order valence-electron chi connectivity index (χ4n) is 2.51. The lowest BCUT2D eigenvalue weighted by Gasteiger charge is -2.29. The molecule has 1 amide bonds. The van der Waals surface area contributed by atoms with Crippen LogP contribution in [0.15, 0.2) is 25.3 Å². The maximum atomic E-state index is 12.4. The molecule has 0 N–H and O–H groups in total. The van der Waals surface area contributed by atoms with Crippen LogP contribution in [-0.2, 0) is 14.6 Å². The number of likely N-dealkylation sites (N-methyl/N-ethyl adjacent to an activating group) is 1. The van der Waals surface area contributed by atoms with Crippen LogP contribution in [0.1, 0.15) is 13.3 Å². The molecule has 1 unspecified atom stereocenters. The van der Waals surface area contributed by atoms with E-state index in [1.54, 1.807) is 17.1 Å². The standard InChI is InChI=1S/C14H24N2O3S/c1-4-8-15(9-5-2)11-14(17)16(6-3)13-7-10-20(18,19)12-13/h4-5,13H,1-2,6-12H2,3H3. The van der Waals surface area contributed by atoms with Gasteiger partial charge in [-0.25, -0.2) is 8.42 Å². The van der Waals surface area contributed by atoms with E-state index in [0.29, 0.717) is 26.1 Å². The summed E-state index contributed by atoms with van der Waals surface area (Å²) in [6.07, 6.45) is 4.03. The van der Waals surface area contributed by atoms with Crippen LogP contribution >= 0.6 is 0 Å². The highest BCUT2D eigenvalue weighted by Crippen LogP contribution is 2.18. The Morgan fingerprint density at radius 3 is 2.30 bits per heavy atom. The highest BCUT2D eigenvalue weighted by molar-refractivity contribution is 7.91. The van der Waals surface area contributed by atoms with Crippen LogP contribution in [0.3, 0.4) is 0 Å². The van der Waals surface area contributed by atoms with Gasteiger partial charge in [-0.1, -0.05) is 12.2 Å². The molecule has 1 fully saturated rings. The van der Waals surface area contributed by atoms with E-state index in [-0.39, 0.29) is 30.0 Å². The summed E-state index contributed by atoms with van der Waals surface area (Å²) >= 11 is 0. The second-order valence-corrected chi connectivity index (χ2v) is 7.24. The van der Waals surface area contributed by atoms with Gasteiger partial charge < -0.3 is 4.90 Å². The molecule has 1 saturated heterocycles. The summed E-state index contributed by atoms with van der Waals surface area (Å²) in [4.78, 5) is 16.0. The third-order valence-electron chi connectivity index (χ3n) is 3.44. The number of rotatable bonds is 8. The van der Waals surface area contributed by atoms with Crippen molar-refractivity contribution in [3.8, 4) is 0 Å². The van der Waals surface area contributed by atoms with Crippen molar-refractivity contribution in [2.75, 3.05) is 37.7 Å². The van der Waals surface area contributed by atoms with E-state index in [4.69, 9.17) is 0 Å². The molecule has 20 heavy (non-hydrogen) atoms. The molecule has 1 atom stereocenters. The van der Waals surface area contributed by atoms with E-state index < -0.39 is 9.84 Å². The lowest BCUT2D eigenvalue weighted by atomic mass is 10.2. The Kier molecular flexibility index (Phi) is 6.42. The molecule has 5 nitrogen and oxygen atoms in total. The van der Waals surface area contributed by atoms with Gasteiger partial charge in [0.25, 0.3) is 0 Å². The van der Waals surface area contributed by atoms with Crippen molar-refractivity contribution in [2.24, 2.45) is 0 Å². The number of carbonyl (C=O) groups is 1. The predicted molar refractivity (Wildman–Crippen MR) is 81.3 cm³/mol. The molecule has 0 bridgehead atoms. The minimum absolute atomic E-state index is 0.0294. The van der Waals surface area contributed by atoms with Crippen molar-refractivity contribution in [1.82, 2.24) is 9.80 Å². The van der Waals surface area contributed by atoms with Gasteiger partial charge in [0.05, 0.1) is 18.1 Å². The first-order chi connectivity index (χ1) is 9.43. The van der Waals surface area contributed by atoms with Crippen LogP contribution in [0, 0.1) is 0 Å². The van der Waals surface area contributed by atoms with Crippen molar-refractivity contribution >= 4 is 15.7 Å². The van der Waals surface area contributed by atoms with Crippen LogP contribution in [0.5, 0.6) is 0 Å². The molecule has 0 aromatic carbocycles. The maximum Gasteiger partial charge on any atom is 0.237 e. The zero-order chi connectivity index (χ0) is 15.2. The minimum Gasteiger partial charge on any atom is -0.338 e. The van der Waals surface area contributed by atoms with Gasteiger partial charge in [0.15, 0.2) is 9.84 Å². The van der Waals surface area contributed by atoms with Crippen LogP contribution in [0.4, 0.5) is 0 Å². The highest BCUT2D eigenvalue weighted by Gasteiger charge is 2.34. The van der Waals surface area contributed by atoms with Crippen molar-refractivity contribution < 1.29 is 13.2 Å². The minimum atomic E-state index is -2.97. The molecular formula is C14H24N2O3S. The van der Waals surface area contributed by atoms with Crippen molar-refractivity contribution in [1.29, 1.82) is 0 Å². The van der Waals surface area contributed by atoms with E-state index in [0.717, 1.165) is 0 Å². The van der Waals surface area contributed by atoms with Gasteiger partial charge in [-0.3, -0.25) is 9.69 Å². The van der Waals surface area contributed by atoms with Crippen LogP contribution < -0.4 is 0 Å². The monoisotopic (exact) mass is 300 g/mol. The molecule has 1 aliphatic heterocycles. The van der Waals surface area contributed by atoms with Gasteiger partial charge in [0, 0.05) is 25.7 Å². The summed E-state index contributed by atoms with van der Waals surface area (Å²) < 4.78 is 23.1. The first-order valence-electron chi connectivity index (χ1n) is 6.87. The van der Waals surface area contributed by atoms with Crippen LogP contribution in [0.25, 0.3) is 0 Å². The van der Waals surface area contributed by atoms with Gasteiger partial charge in [0.1, 0.15) is 0 Å². The third kappa shape index (κ3) is 4.76. The fourth-order valence-corrected chi connectivity index (χ4v) is 4.24. The average molecular weight is 300 g/mol. The van der Waals surface area contributed by atoms with Gasteiger partial charge >= 0.3 is 0 Å². The molecule has 0 aromatic heterocycles. The first kappa shape index (κ1) is 16.9. The smallest absolute Gasteiger partial charge is 0.237 e. The Bertz CT molecular complexity index is 449. The van der Waals surface area contributed by atoms with Crippen LogP contribution in [0.2, 0.25) is 0 Å². The zero-order valence-corrected chi connectivity index (χ0v) is 12.9. The highest BCUT2D eigenvalue weighted by atomic mass is 32.2. The normalized spacial score (nSPS) is 20.8. The van der Waals surface area contributed by atoms with E-state index >= 15 is 0 Å². The molecule has 1 aliphatic rings. The number of nitrogens with zero attached hydrogens (tertiary/aromatic N) is 2. The number of amides is 1. The van der Waals surface area contributed by atoms with Crippen LogP contribution in [-0.4, -0.2) is 67.9 Å². The summed E-state index contributed by atoms with van der Waals surface area (Å²) in [7, 11) is -2.97. The Balaban J connectivity index is 2.67. The molecule has 114 valence electrons. The topological polar surface area (TPSA) is 57.7 Å². The van der Waals surface area contributed by atoms with E-state index in [1.165, 1.54) is 0 Å². The van der Waals surface area contributed by atoms with Crippen molar-refractivity contribution in [2.45, 2.75) is 19.4 Å².